The van der Waals surface area contributed by atoms with Gasteiger partial charge in [-0.2, -0.15) is 0 Å². The number of aromatic nitrogens is 2. The van der Waals surface area contributed by atoms with Crippen LogP contribution in [0.25, 0.3) is 0 Å². The summed E-state index contributed by atoms with van der Waals surface area (Å²) in [5.74, 6) is -2.08. The van der Waals surface area contributed by atoms with E-state index in [0.29, 0.717) is 5.56 Å². The first-order chi connectivity index (χ1) is 25.5. The summed E-state index contributed by atoms with van der Waals surface area (Å²) in [4.78, 5) is 64.7. The number of ether oxygens (including phenoxy) is 5. The average Bonchev–Trinajstić information content (AvgIpc) is 3.56. The maximum atomic E-state index is 13.2. The smallest absolute Gasteiger partial charge is 0.330 e. The molecule has 280 valence electrons. The van der Waals surface area contributed by atoms with Crippen LogP contribution in [0.2, 0.25) is 0 Å². The van der Waals surface area contributed by atoms with E-state index in [-0.39, 0.29) is 45.0 Å². The number of nitrogens with one attached hydrogen (secondary N) is 1. The van der Waals surface area contributed by atoms with Gasteiger partial charge in [-0.05, 0) is 29.5 Å². The summed E-state index contributed by atoms with van der Waals surface area (Å²) in [6.45, 7) is 4.70. The van der Waals surface area contributed by atoms with E-state index >= 15 is 0 Å². The third-order valence-corrected chi connectivity index (χ3v) is 9.04. The van der Waals surface area contributed by atoms with Gasteiger partial charge in [0, 0.05) is 18.2 Å². The minimum atomic E-state index is -1.11. The van der Waals surface area contributed by atoms with Crippen molar-refractivity contribution < 1.29 is 38.1 Å². The molecular formula is C40H45N3O10. The summed E-state index contributed by atoms with van der Waals surface area (Å²) in [5.41, 5.74) is 6.31. The predicted octanol–water partition coefficient (Wildman–Crippen LogP) is 3.90. The van der Waals surface area contributed by atoms with Gasteiger partial charge >= 0.3 is 23.6 Å². The number of carbonyl (C=O) groups excluding carboxylic acids is 3. The molecule has 1 aromatic heterocycles. The minimum absolute atomic E-state index is 0.0640. The Labute approximate surface area is 307 Å². The van der Waals surface area contributed by atoms with E-state index in [1.807, 2.05) is 91.0 Å². The standard InChI is InChI=1S/C40H45N3O10/c1-26(2)36(41)38(47)50-22-21-49-34(44)19-20-35(45)53-31-23-33(43-24-27(3)37(46)42-39(43)48)52-32(31)25-51-40(28-13-7-4-8-14-28,29-15-9-5-10-16-29)30-17-11-6-12-18-30/h4-18,24,26,31-33,36H,19-23,25,41H2,1-3H3,(H,42,46,48)/t31-,32+,33+,36-/m0/s1. The molecular weight excluding hydrogens is 682 g/mol. The highest BCUT2D eigenvalue weighted by molar-refractivity contribution is 5.78. The second-order valence-corrected chi connectivity index (χ2v) is 13.1. The fraction of sp³-hybridized carbons (Fsp3) is 0.375. The molecule has 0 saturated carbocycles. The lowest BCUT2D eigenvalue weighted by atomic mass is 9.80. The highest BCUT2D eigenvalue weighted by Gasteiger charge is 2.44. The largest absolute Gasteiger partial charge is 0.462 e. The van der Waals surface area contributed by atoms with Crippen LogP contribution in [-0.2, 0) is 43.7 Å². The highest BCUT2D eigenvalue weighted by atomic mass is 16.6. The van der Waals surface area contributed by atoms with Crippen molar-refractivity contribution in [3.63, 3.8) is 0 Å². The van der Waals surface area contributed by atoms with Crippen LogP contribution in [0.3, 0.4) is 0 Å². The maximum absolute atomic E-state index is 13.2. The van der Waals surface area contributed by atoms with E-state index in [2.05, 4.69) is 4.98 Å². The monoisotopic (exact) mass is 727 g/mol. The van der Waals surface area contributed by atoms with E-state index in [4.69, 9.17) is 29.4 Å². The van der Waals surface area contributed by atoms with Crippen LogP contribution in [0, 0.1) is 12.8 Å². The Bertz CT molecular complexity index is 1850. The van der Waals surface area contributed by atoms with Crippen LogP contribution in [0.4, 0.5) is 0 Å². The van der Waals surface area contributed by atoms with Gasteiger partial charge in [0.25, 0.3) is 5.56 Å². The van der Waals surface area contributed by atoms with Crippen LogP contribution in [0.1, 0.15) is 61.6 Å². The molecule has 0 bridgehead atoms. The number of nitrogens with zero attached hydrogens (tertiary/aromatic N) is 1. The van der Waals surface area contributed by atoms with Crippen LogP contribution >= 0.6 is 0 Å². The first-order valence-electron chi connectivity index (χ1n) is 17.5. The second kappa shape index (κ2) is 17.9. The van der Waals surface area contributed by atoms with Crippen LogP contribution in [-0.4, -0.2) is 65.5 Å². The Hall–Kier alpha value is -5.37. The number of nitrogens with two attached hydrogens (primary N) is 1. The Morgan fingerprint density at radius 3 is 1.92 bits per heavy atom. The summed E-state index contributed by atoms with van der Waals surface area (Å²) in [7, 11) is 0. The number of aromatic amines is 1. The molecule has 13 nitrogen and oxygen atoms in total. The molecule has 1 fully saturated rings. The zero-order valence-electron chi connectivity index (χ0n) is 30.0. The molecule has 53 heavy (non-hydrogen) atoms. The van der Waals surface area contributed by atoms with Gasteiger partial charge in [0.2, 0.25) is 0 Å². The van der Waals surface area contributed by atoms with Crippen molar-refractivity contribution in [2.75, 3.05) is 19.8 Å². The van der Waals surface area contributed by atoms with Gasteiger partial charge in [0.15, 0.2) is 0 Å². The van der Waals surface area contributed by atoms with Crippen molar-refractivity contribution in [2.45, 2.75) is 70.1 Å². The van der Waals surface area contributed by atoms with Crippen molar-refractivity contribution in [3.05, 3.63) is 140 Å². The number of benzene rings is 3. The predicted molar refractivity (Wildman–Crippen MR) is 194 cm³/mol. The van der Waals surface area contributed by atoms with Crippen LogP contribution in [0.5, 0.6) is 0 Å². The summed E-state index contributed by atoms with van der Waals surface area (Å²) in [6, 6.07) is 28.4. The highest BCUT2D eigenvalue weighted by Crippen LogP contribution is 2.42. The van der Waals surface area contributed by atoms with Gasteiger partial charge in [-0.1, -0.05) is 105 Å². The van der Waals surface area contributed by atoms with E-state index in [9.17, 15) is 24.0 Å². The first-order valence-corrected chi connectivity index (χ1v) is 17.5. The Balaban J connectivity index is 1.34. The normalized spacial score (nSPS) is 17.6. The van der Waals surface area contributed by atoms with Gasteiger partial charge in [-0.25, -0.2) is 4.79 Å². The fourth-order valence-corrected chi connectivity index (χ4v) is 6.09. The number of rotatable bonds is 16. The van der Waals surface area contributed by atoms with Gasteiger partial charge < -0.3 is 29.4 Å². The molecule has 5 rings (SSSR count). The molecule has 3 N–H and O–H groups in total. The minimum Gasteiger partial charge on any atom is -0.462 e. The molecule has 1 aliphatic heterocycles. The molecule has 0 unspecified atom stereocenters. The zero-order chi connectivity index (χ0) is 38.0. The Kier molecular flexibility index (Phi) is 13.1. The van der Waals surface area contributed by atoms with E-state index < -0.39 is 59.2 Å². The number of hydrogen-bond donors (Lipinski definition) is 2. The van der Waals surface area contributed by atoms with Crippen molar-refractivity contribution in [1.29, 1.82) is 0 Å². The van der Waals surface area contributed by atoms with Crippen molar-refractivity contribution in [1.82, 2.24) is 9.55 Å². The lowest BCUT2D eigenvalue weighted by Gasteiger charge is -2.37. The number of esters is 3. The fourth-order valence-electron chi connectivity index (χ4n) is 6.09. The van der Waals surface area contributed by atoms with Gasteiger partial charge in [-0.3, -0.25) is 28.7 Å². The van der Waals surface area contributed by atoms with Gasteiger partial charge in [-0.15, -0.1) is 0 Å². The van der Waals surface area contributed by atoms with Gasteiger partial charge in [0.05, 0.1) is 19.4 Å². The molecule has 0 radical (unpaired) electrons. The summed E-state index contributed by atoms with van der Waals surface area (Å²) >= 11 is 0. The Morgan fingerprint density at radius 2 is 1.38 bits per heavy atom. The van der Waals surface area contributed by atoms with Crippen molar-refractivity contribution in [2.24, 2.45) is 11.7 Å². The number of H-pyrrole nitrogens is 1. The zero-order valence-corrected chi connectivity index (χ0v) is 30.0. The van der Waals surface area contributed by atoms with E-state index in [1.54, 1.807) is 20.8 Å². The lowest BCUT2D eigenvalue weighted by Crippen LogP contribution is -2.39. The van der Waals surface area contributed by atoms with E-state index in [1.165, 1.54) is 10.8 Å². The molecule has 4 atom stereocenters. The molecule has 1 aliphatic rings. The van der Waals surface area contributed by atoms with Crippen LogP contribution < -0.4 is 17.0 Å². The second-order valence-electron chi connectivity index (χ2n) is 13.1. The summed E-state index contributed by atoms with van der Waals surface area (Å²) < 4.78 is 30.6. The Morgan fingerprint density at radius 1 is 0.849 bits per heavy atom. The summed E-state index contributed by atoms with van der Waals surface area (Å²) in [6.07, 6.45) is -1.78. The molecule has 0 aliphatic carbocycles. The lowest BCUT2D eigenvalue weighted by molar-refractivity contribution is -0.159. The average molecular weight is 728 g/mol. The third kappa shape index (κ3) is 9.55. The molecule has 13 heteroatoms. The maximum Gasteiger partial charge on any atom is 0.330 e. The molecule has 4 aromatic rings. The van der Waals surface area contributed by atoms with E-state index in [0.717, 1.165) is 16.7 Å². The van der Waals surface area contributed by atoms with Crippen LogP contribution in [0.15, 0.2) is 107 Å². The molecule has 1 saturated heterocycles. The number of aryl methyl sites for hydroxylation is 1. The first kappa shape index (κ1) is 38.9. The van der Waals surface area contributed by atoms with Crippen molar-refractivity contribution in [3.8, 4) is 0 Å². The molecule has 2 heterocycles. The SMILES string of the molecule is Cc1cn([C@H]2C[C@H](OC(=O)CCC(=O)OCCOC(=O)[C@@H](N)C(C)C)[C@@H](COC(c3ccccc3)(c3ccccc3)c3ccccc3)O2)c(=O)[nH]c1=O. The molecule has 3 aromatic carbocycles. The topological polar surface area (TPSA) is 178 Å². The number of carbonyl (C=O) groups is 3. The molecule has 0 amide bonds. The number of hydrogen-bond acceptors (Lipinski definition) is 11. The quantitative estimate of drug-likeness (QED) is 0.0740. The summed E-state index contributed by atoms with van der Waals surface area (Å²) in [5, 5.41) is 0. The van der Waals surface area contributed by atoms with Gasteiger partial charge in [0.1, 0.15) is 43.3 Å². The third-order valence-electron chi connectivity index (χ3n) is 9.04. The van der Waals surface area contributed by atoms with Crippen molar-refractivity contribution >= 4 is 17.9 Å². The molecule has 0 spiro atoms.